The van der Waals surface area contributed by atoms with Gasteiger partial charge in [0.1, 0.15) is 18.5 Å². The number of aliphatic imine (C=N–C) groups is 1. The Labute approximate surface area is 200 Å². The zero-order valence-corrected chi connectivity index (χ0v) is 20.3. The van der Waals surface area contributed by atoms with Crippen LogP contribution in [0.4, 0.5) is 0 Å². The topological polar surface area (TPSA) is 72.5 Å². The maximum absolute atomic E-state index is 5.98. The highest BCUT2D eigenvalue weighted by Gasteiger charge is 2.25. The van der Waals surface area contributed by atoms with Gasteiger partial charge >= 0.3 is 0 Å². The number of morpholine rings is 1. The van der Waals surface area contributed by atoms with Gasteiger partial charge in [-0.05, 0) is 12.5 Å². The molecule has 9 heteroatoms. The van der Waals surface area contributed by atoms with Gasteiger partial charge in [0, 0.05) is 50.8 Å². The highest BCUT2D eigenvalue weighted by atomic mass is 127. The van der Waals surface area contributed by atoms with E-state index in [-0.39, 0.29) is 30.1 Å². The van der Waals surface area contributed by atoms with Crippen LogP contribution in [0.25, 0.3) is 0 Å². The SMILES string of the molecule is CCNC(=NCc1nccn1Cc1ccccc1)N1CCOC(c2cnn(C)c2)C1.I. The molecule has 0 amide bonds. The number of aryl methyl sites for hydroxylation is 1. The molecule has 1 N–H and O–H groups in total. The Morgan fingerprint density at radius 1 is 1.29 bits per heavy atom. The predicted molar refractivity (Wildman–Crippen MR) is 131 cm³/mol. The molecule has 1 aliphatic heterocycles. The van der Waals surface area contributed by atoms with E-state index in [9.17, 15) is 0 Å². The molecule has 1 aromatic carbocycles. The number of nitrogens with one attached hydrogen (secondary N) is 1. The summed E-state index contributed by atoms with van der Waals surface area (Å²) in [7, 11) is 1.92. The molecular formula is C22H30IN7O. The summed E-state index contributed by atoms with van der Waals surface area (Å²) in [5, 5.41) is 7.70. The first-order chi connectivity index (χ1) is 14.7. The third-order valence-corrected chi connectivity index (χ3v) is 5.17. The summed E-state index contributed by atoms with van der Waals surface area (Å²) < 4.78 is 9.94. The van der Waals surface area contributed by atoms with Gasteiger partial charge in [-0.1, -0.05) is 30.3 Å². The van der Waals surface area contributed by atoms with Crippen LogP contribution in [-0.2, 0) is 24.9 Å². The smallest absolute Gasteiger partial charge is 0.194 e. The van der Waals surface area contributed by atoms with Gasteiger partial charge in [0.2, 0.25) is 0 Å². The third-order valence-electron chi connectivity index (χ3n) is 5.17. The fourth-order valence-electron chi connectivity index (χ4n) is 3.64. The van der Waals surface area contributed by atoms with Crippen molar-refractivity contribution in [3.05, 3.63) is 72.1 Å². The van der Waals surface area contributed by atoms with Gasteiger partial charge in [0.25, 0.3) is 0 Å². The van der Waals surface area contributed by atoms with Gasteiger partial charge in [0.05, 0.1) is 19.3 Å². The molecule has 1 fully saturated rings. The molecule has 2 aromatic heterocycles. The van der Waals surface area contributed by atoms with Crippen molar-refractivity contribution < 1.29 is 4.74 Å². The average Bonchev–Trinajstić information content (AvgIpc) is 3.41. The monoisotopic (exact) mass is 535 g/mol. The van der Waals surface area contributed by atoms with Gasteiger partial charge in [0.15, 0.2) is 5.96 Å². The number of benzene rings is 1. The minimum Gasteiger partial charge on any atom is -0.370 e. The van der Waals surface area contributed by atoms with Crippen molar-refractivity contribution in [2.75, 3.05) is 26.2 Å². The maximum Gasteiger partial charge on any atom is 0.194 e. The summed E-state index contributed by atoms with van der Waals surface area (Å²) in [6, 6.07) is 10.4. The molecule has 166 valence electrons. The van der Waals surface area contributed by atoms with Crippen molar-refractivity contribution in [1.29, 1.82) is 0 Å². The molecule has 0 radical (unpaired) electrons. The van der Waals surface area contributed by atoms with E-state index in [1.54, 1.807) is 0 Å². The van der Waals surface area contributed by atoms with Crippen molar-refractivity contribution >= 4 is 29.9 Å². The molecule has 0 aliphatic carbocycles. The van der Waals surface area contributed by atoms with E-state index in [0.29, 0.717) is 13.2 Å². The van der Waals surface area contributed by atoms with E-state index in [4.69, 9.17) is 9.73 Å². The third kappa shape index (κ3) is 6.07. The lowest BCUT2D eigenvalue weighted by Gasteiger charge is -2.34. The van der Waals surface area contributed by atoms with Crippen LogP contribution in [-0.4, -0.2) is 56.4 Å². The second-order valence-corrected chi connectivity index (χ2v) is 7.38. The van der Waals surface area contributed by atoms with E-state index in [2.05, 4.69) is 56.1 Å². The molecule has 3 aromatic rings. The summed E-state index contributed by atoms with van der Waals surface area (Å²) in [5.41, 5.74) is 2.34. The minimum absolute atomic E-state index is 0. The highest BCUT2D eigenvalue weighted by Crippen LogP contribution is 2.21. The van der Waals surface area contributed by atoms with Crippen LogP contribution in [0, 0.1) is 0 Å². The molecule has 8 nitrogen and oxygen atoms in total. The lowest BCUT2D eigenvalue weighted by atomic mass is 10.1. The number of hydrogen-bond acceptors (Lipinski definition) is 4. The van der Waals surface area contributed by atoms with E-state index < -0.39 is 0 Å². The maximum atomic E-state index is 5.98. The predicted octanol–water partition coefficient (Wildman–Crippen LogP) is 2.82. The summed E-state index contributed by atoms with van der Waals surface area (Å²) in [6.45, 7) is 6.43. The Balaban J connectivity index is 0.00000272. The number of imidazole rings is 1. The van der Waals surface area contributed by atoms with Crippen LogP contribution in [0.2, 0.25) is 0 Å². The Bertz CT molecular complexity index is 969. The number of guanidine groups is 1. The Morgan fingerprint density at radius 3 is 2.87 bits per heavy atom. The van der Waals surface area contributed by atoms with Crippen LogP contribution in [0.1, 0.15) is 30.0 Å². The quantitative estimate of drug-likeness (QED) is 0.299. The first-order valence-corrected chi connectivity index (χ1v) is 10.4. The molecule has 0 spiro atoms. The molecule has 0 saturated carbocycles. The zero-order valence-electron chi connectivity index (χ0n) is 18.0. The van der Waals surface area contributed by atoms with Gasteiger partial charge in [-0.25, -0.2) is 9.98 Å². The number of rotatable bonds is 6. The molecule has 3 heterocycles. The van der Waals surface area contributed by atoms with E-state index >= 15 is 0 Å². The highest BCUT2D eigenvalue weighted by molar-refractivity contribution is 14.0. The molecular weight excluding hydrogens is 505 g/mol. The zero-order chi connectivity index (χ0) is 20.8. The van der Waals surface area contributed by atoms with Crippen molar-refractivity contribution in [1.82, 2.24) is 29.5 Å². The fourth-order valence-corrected chi connectivity index (χ4v) is 3.64. The van der Waals surface area contributed by atoms with Gasteiger partial charge in [-0.15, -0.1) is 24.0 Å². The summed E-state index contributed by atoms with van der Waals surface area (Å²) >= 11 is 0. The van der Waals surface area contributed by atoms with Crippen molar-refractivity contribution in [2.45, 2.75) is 26.1 Å². The van der Waals surface area contributed by atoms with Crippen LogP contribution in [0.5, 0.6) is 0 Å². The number of aromatic nitrogens is 4. The van der Waals surface area contributed by atoms with Crippen LogP contribution < -0.4 is 5.32 Å². The van der Waals surface area contributed by atoms with Gasteiger partial charge < -0.3 is 19.5 Å². The van der Waals surface area contributed by atoms with Crippen LogP contribution in [0.15, 0.2) is 60.1 Å². The normalized spacial score (nSPS) is 16.8. The molecule has 1 saturated heterocycles. The van der Waals surface area contributed by atoms with E-state index in [0.717, 1.165) is 43.5 Å². The standard InChI is InChI=1S/C22H29N7O.HI/c1-3-23-22(29-11-12-30-20(17-29)19-13-26-27(2)16-19)25-14-21-24-9-10-28(21)15-18-7-5-4-6-8-18;/h4-10,13,16,20H,3,11-12,14-15,17H2,1-2H3,(H,23,25);1H. The van der Waals surface area contributed by atoms with Crippen LogP contribution in [0.3, 0.4) is 0 Å². The Hall–Kier alpha value is -2.40. The van der Waals surface area contributed by atoms with Crippen molar-refractivity contribution in [2.24, 2.45) is 12.0 Å². The minimum atomic E-state index is -0.00336. The number of nitrogens with zero attached hydrogens (tertiary/aromatic N) is 6. The van der Waals surface area contributed by atoms with E-state index in [1.165, 1.54) is 5.56 Å². The number of ether oxygens (including phenoxy) is 1. The second-order valence-electron chi connectivity index (χ2n) is 7.38. The number of halogens is 1. The van der Waals surface area contributed by atoms with E-state index in [1.807, 2.05) is 42.6 Å². The van der Waals surface area contributed by atoms with Crippen LogP contribution >= 0.6 is 24.0 Å². The first-order valence-electron chi connectivity index (χ1n) is 10.4. The van der Waals surface area contributed by atoms with Gasteiger partial charge in [-0.2, -0.15) is 5.10 Å². The Morgan fingerprint density at radius 2 is 2.13 bits per heavy atom. The number of hydrogen-bond donors (Lipinski definition) is 1. The fraction of sp³-hybridized carbons (Fsp3) is 0.409. The largest absolute Gasteiger partial charge is 0.370 e. The van der Waals surface area contributed by atoms with Gasteiger partial charge in [-0.3, -0.25) is 4.68 Å². The molecule has 1 unspecified atom stereocenters. The molecule has 31 heavy (non-hydrogen) atoms. The Kier molecular flexibility index (Phi) is 8.47. The first kappa shape index (κ1) is 23.3. The van der Waals surface area contributed by atoms with Crippen molar-refractivity contribution in [3.63, 3.8) is 0 Å². The molecule has 1 atom stereocenters. The lowest BCUT2D eigenvalue weighted by Crippen LogP contribution is -2.48. The molecule has 0 bridgehead atoms. The summed E-state index contributed by atoms with van der Waals surface area (Å²) in [6.07, 6.45) is 7.74. The summed E-state index contributed by atoms with van der Waals surface area (Å²) in [4.78, 5) is 11.7. The average molecular weight is 535 g/mol. The summed E-state index contributed by atoms with van der Waals surface area (Å²) in [5.74, 6) is 1.84. The second kappa shape index (κ2) is 11.3. The molecule has 1 aliphatic rings. The molecule has 4 rings (SSSR count). The lowest BCUT2D eigenvalue weighted by molar-refractivity contribution is -0.00805. The van der Waals surface area contributed by atoms with Crippen molar-refractivity contribution in [3.8, 4) is 0 Å².